The van der Waals surface area contributed by atoms with E-state index in [0.717, 1.165) is 68.9 Å². The fraction of sp³-hybridized carbons (Fsp3) is 0.762. The second-order valence-electron chi connectivity index (χ2n) is 22.7. The molecule has 1 unspecified atom stereocenters. The van der Waals surface area contributed by atoms with Gasteiger partial charge in [0.25, 0.3) is 0 Å². The summed E-state index contributed by atoms with van der Waals surface area (Å²) in [6.07, 6.45) is 24.7. The highest BCUT2D eigenvalue weighted by molar-refractivity contribution is 5.87. The number of aliphatic carboxylic acids is 2. The number of nitrogens with two attached hydrogens (primary N) is 1. The van der Waals surface area contributed by atoms with Gasteiger partial charge in [-0.05, 0) is 82.6 Å². The molecule has 21 nitrogen and oxygen atoms in total. The first-order valence-corrected chi connectivity index (χ1v) is 31.5. The summed E-state index contributed by atoms with van der Waals surface area (Å²) in [4.78, 5) is 109. The number of hydrogen-bond donors (Lipinski definition) is 8. The number of ketones is 1. The van der Waals surface area contributed by atoms with Gasteiger partial charge in [0.15, 0.2) is 0 Å². The Balaban J connectivity index is 1.36. The molecule has 84 heavy (non-hydrogen) atoms. The van der Waals surface area contributed by atoms with E-state index in [4.69, 9.17) is 29.8 Å². The SMILES string of the molecule is Cc1ccc(C[C@@H](CC(=O)[C@@H](C)CCCCNC(=O)COCCOCCNC(=O)COCCOCCNC(=O)CCC(NC(=O)C2CCC(CNC(=O)CCCCCCCCCCCCCCCCCCC(=O)O)CC2)C(=O)O)C(N)=O)cc1. The molecule has 1 saturated carbocycles. The van der Waals surface area contributed by atoms with E-state index in [-0.39, 0.29) is 145 Å². The van der Waals surface area contributed by atoms with E-state index in [9.17, 15) is 48.3 Å². The second-order valence-corrected chi connectivity index (χ2v) is 22.7. The van der Waals surface area contributed by atoms with E-state index in [1.165, 1.54) is 64.2 Å². The lowest BCUT2D eigenvalue weighted by Gasteiger charge is -2.28. The number of aryl methyl sites for hydroxylation is 1. The van der Waals surface area contributed by atoms with Gasteiger partial charge < -0.3 is 61.5 Å². The Morgan fingerprint density at radius 3 is 1.52 bits per heavy atom. The Morgan fingerprint density at radius 2 is 1.01 bits per heavy atom. The van der Waals surface area contributed by atoms with Crippen LogP contribution in [0.4, 0.5) is 0 Å². The van der Waals surface area contributed by atoms with E-state index in [1.54, 1.807) is 0 Å². The highest BCUT2D eigenvalue weighted by Gasteiger charge is 2.30. The summed E-state index contributed by atoms with van der Waals surface area (Å²) in [5, 5.41) is 32.3. The smallest absolute Gasteiger partial charge is 0.326 e. The van der Waals surface area contributed by atoms with Crippen LogP contribution in [0.15, 0.2) is 24.3 Å². The summed E-state index contributed by atoms with van der Waals surface area (Å²) in [5.74, 6) is -4.43. The maximum atomic E-state index is 13.0. The minimum Gasteiger partial charge on any atom is -0.481 e. The van der Waals surface area contributed by atoms with Gasteiger partial charge in [-0.25, -0.2) is 4.79 Å². The van der Waals surface area contributed by atoms with Crippen molar-refractivity contribution in [2.75, 3.05) is 79.0 Å². The first kappa shape index (κ1) is 74.6. The number of carbonyl (C=O) groups is 9. The molecule has 9 N–H and O–H groups in total. The highest BCUT2D eigenvalue weighted by atomic mass is 16.5. The number of rotatable bonds is 54. The summed E-state index contributed by atoms with van der Waals surface area (Å²) in [7, 11) is 0. The van der Waals surface area contributed by atoms with Crippen molar-refractivity contribution < 1.29 is 72.3 Å². The van der Waals surface area contributed by atoms with Crippen LogP contribution in [0.5, 0.6) is 0 Å². The number of carboxylic acid groups (broad SMARTS) is 2. The van der Waals surface area contributed by atoms with Crippen LogP contribution in [0.25, 0.3) is 0 Å². The molecule has 3 atom stereocenters. The lowest BCUT2D eigenvalue weighted by atomic mass is 9.81. The normalized spacial score (nSPS) is 15.1. The fourth-order valence-corrected chi connectivity index (χ4v) is 10.0. The molecule has 1 aliphatic rings. The first-order chi connectivity index (χ1) is 40.5. The van der Waals surface area contributed by atoms with Gasteiger partial charge in [-0.15, -0.1) is 0 Å². The number of ether oxygens (including phenoxy) is 4. The number of Topliss-reactive ketones (excluding diaryl/α,β-unsaturated/α-hetero) is 1. The van der Waals surface area contributed by atoms with Crippen LogP contribution in [0.2, 0.25) is 0 Å². The summed E-state index contributed by atoms with van der Waals surface area (Å²) in [5.41, 5.74) is 7.69. The van der Waals surface area contributed by atoms with Gasteiger partial charge in [0.05, 0.1) is 39.6 Å². The number of nitrogens with one attached hydrogen (secondary N) is 5. The van der Waals surface area contributed by atoms with E-state index >= 15 is 0 Å². The van der Waals surface area contributed by atoms with Gasteiger partial charge in [-0.3, -0.25) is 38.4 Å². The van der Waals surface area contributed by atoms with Crippen LogP contribution in [0, 0.1) is 30.6 Å². The number of hydrogen-bond acceptors (Lipinski definition) is 13. The summed E-state index contributed by atoms with van der Waals surface area (Å²) in [6, 6.07) is 6.63. The van der Waals surface area contributed by atoms with Crippen LogP contribution in [0.1, 0.15) is 198 Å². The van der Waals surface area contributed by atoms with E-state index < -0.39 is 29.8 Å². The molecule has 1 aliphatic carbocycles. The largest absolute Gasteiger partial charge is 0.481 e. The molecule has 0 aromatic heterocycles. The van der Waals surface area contributed by atoms with Crippen molar-refractivity contribution in [1.82, 2.24) is 26.6 Å². The maximum Gasteiger partial charge on any atom is 0.326 e. The lowest BCUT2D eigenvalue weighted by Crippen LogP contribution is -2.45. The van der Waals surface area contributed by atoms with Gasteiger partial charge in [0, 0.05) is 69.6 Å². The zero-order valence-corrected chi connectivity index (χ0v) is 51.0. The number of amides is 6. The predicted molar refractivity (Wildman–Crippen MR) is 321 cm³/mol. The van der Waals surface area contributed by atoms with Gasteiger partial charge in [0.2, 0.25) is 35.4 Å². The topological polar surface area (TPSA) is 317 Å². The Morgan fingerprint density at radius 1 is 0.536 bits per heavy atom. The standard InChI is InChI=1S/C63H106N6O15/c1-48-24-26-50(27-25-48)43-53(61(64)77)44-55(70)49(2)21-19-20-34-65-58(73)46-83-41-40-82-38-36-67-59(74)47-84-42-39-81-37-35-66-57(72)33-32-54(63(79)80)69-62(78)52-30-28-51(29-31-52)45-68-56(71)22-17-15-13-11-9-7-5-3-4-6-8-10-12-14-16-18-23-60(75)76/h24-27,49,51-54H,3-23,28-47H2,1-2H3,(H2,64,77)(H,65,73)(H,66,72)(H,67,74)(H,68,71)(H,69,78)(H,75,76)(H,79,80)/t49-,51?,52?,53-,54?/m0/s1. The average molecular weight is 1190 g/mol. The number of carboxylic acids is 2. The van der Waals surface area contributed by atoms with Gasteiger partial charge in [0.1, 0.15) is 25.0 Å². The number of carbonyl (C=O) groups excluding carboxylic acids is 7. The van der Waals surface area contributed by atoms with Crippen molar-refractivity contribution in [3.63, 3.8) is 0 Å². The maximum absolute atomic E-state index is 13.0. The minimum absolute atomic E-state index is 0.00526. The Hall–Kier alpha value is -5.51. The molecule has 478 valence electrons. The third kappa shape index (κ3) is 40.7. The number of unbranched alkanes of at least 4 members (excludes halogenated alkanes) is 16. The highest BCUT2D eigenvalue weighted by Crippen LogP contribution is 2.29. The lowest BCUT2D eigenvalue weighted by molar-refractivity contribution is -0.143. The Bertz CT molecular complexity index is 2020. The molecule has 1 fully saturated rings. The number of primary amides is 1. The van der Waals surface area contributed by atoms with Crippen LogP contribution in [-0.2, 0) is 68.5 Å². The molecule has 0 saturated heterocycles. The van der Waals surface area contributed by atoms with Crippen LogP contribution in [-0.4, -0.2) is 148 Å². The van der Waals surface area contributed by atoms with Crippen LogP contribution >= 0.6 is 0 Å². The average Bonchev–Trinajstić information content (AvgIpc) is 3.67. The van der Waals surface area contributed by atoms with Crippen LogP contribution in [0.3, 0.4) is 0 Å². The van der Waals surface area contributed by atoms with Gasteiger partial charge >= 0.3 is 11.9 Å². The second kappa shape index (κ2) is 48.7. The summed E-state index contributed by atoms with van der Waals surface area (Å²) in [6.45, 7) is 6.14. The van der Waals surface area contributed by atoms with E-state index in [1.807, 2.05) is 38.1 Å². The van der Waals surface area contributed by atoms with Crippen molar-refractivity contribution in [2.45, 2.75) is 206 Å². The van der Waals surface area contributed by atoms with E-state index in [0.29, 0.717) is 51.6 Å². The zero-order valence-electron chi connectivity index (χ0n) is 51.0. The summed E-state index contributed by atoms with van der Waals surface area (Å²) >= 11 is 0. The molecule has 21 heteroatoms. The molecular formula is C63H106N6O15. The van der Waals surface area contributed by atoms with Gasteiger partial charge in [-0.1, -0.05) is 133 Å². The molecule has 0 radical (unpaired) electrons. The predicted octanol–water partition coefficient (Wildman–Crippen LogP) is 7.20. The summed E-state index contributed by atoms with van der Waals surface area (Å²) < 4.78 is 21.6. The Labute approximate surface area is 500 Å². The molecule has 0 heterocycles. The van der Waals surface area contributed by atoms with Crippen molar-refractivity contribution >= 4 is 53.2 Å². The zero-order chi connectivity index (χ0) is 61.4. The molecular weight excluding hydrogens is 1080 g/mol. The fourth-order valence-electron chi connectivity index (χ4n) is 10.0. The van der Waals surface area contributed by atoms with Crippen molar-refractivity contribution in [2.24, 2.45) is 29.4 Å². The molecule has 1 aromatic carbocycles. The van der Waals surface area contributed by atoms with Crippen molar-refractivity contribution in [1.29, 1.82) is 0 Å². The molecule has 6 amide bonds. The molecule has 0 bridgehead atoms. The third-order valence-corrected chi connectivity index (χ3v) is 15.4. The van der Waals surface area contributed by atoms with Crippen LogP contribution < -0.4 is 32.3 Å². The minimum atomic E-state index is -1.21. The van der Waals surface area contributed by atoms with E-state index in [2.05, 4.69) is 26.6 Å². The number of benzene rings is 1. The molecule has 0 spiro atoms. The van der Waals surface area contributed by atoms with Crippen molar-refractivity contribution in [3.8, 4) is 0 Å². The van der Waals surface area contributed by atoms with Crippen molar-refractivity contribution in [3.05, 3.63) is 35.4 Å². The molecule has 2 rings (SSSR count). The third-order valence-electron chi connectivity index (χ3n) is 15.4. The van der Waals surface area contributed by atoms with Gasteiger partial charge in [-0.2, -0.15) is 0 Å². The first-order valence-electron chi connectivity index (χ1n) is 31.5. The quantitative estimate of drug-likeness (QED) is 0.0299. The molecule has 0 aliphatic heterocycles. The Kier molecular flexibility index (Phi) is 43.2. The molecule has 1 aromatic rings. The monoisotopic (exact) mass is 1190 g/mol.